The molecule has 0 unspecified atom stereocenters. The van der Waals surface area contributed by atoms with Crippen LogP contribution in [0.3, 0.4) is 0 Å². The van der Waals surface area contributed by atoms with Crippen molar-refractivity contribution in [3.8, 4) is 11.8 Å². The van der Waals surface area contributed by atoms with Gasteiger partial charge in [-0.2, -0.15) is 5.26 Å². The van der Waals surface area contributed by atoms with E-state index in [1.54, 1.807) is 6.07 Å². The van der Waals surface area contributed by atoms with E-state index in [2.05, 4.69) is 11.1 Å². The lowest BCUT2D eigenvalue weighted by atomic mass is 10.1. The van der Waals surface area contributed by atoms with Crippen molar-refractivity contribution in [3.05, 3.63) is 35.4 Å². The first-order valence-corrected chi connectivity index (χ1v) is 6.36. The lowest BCUT2D eigenvalue weighted by molar-refractivity contribution is 0.299. The second kappa shape index (κ2) is 6.05. The fourth-order valence-corrected chi connectivity index (χ4v) is 1.79. The van der Waals surface area contributed by atoms with Crippen LogP contribution in [0.15, 0.2) is 29.3 Å². The monoisotopic (exact) mass is 255 g/mol. The molecular formula is C15H17N3O. The minimum Gasteiger partial charge on any atom is -0.492 e. The Bertz CT molecular complexity index is 551. The van der Waals surface area contributed by atoms with Crippen LogP contribution in [-0.4, -0.2) is 12.9 Å². The number of allylic oxidation sites excluding steroid dienone is 1. The highest BCUT2D eigenvalue weighted by Gasteiger charge is 2.22. The average Bonchev–Trinajstić information content (AvgIpc) is 3.26. The van der Waals surface area contributed by atoms with Gasteiger partial charge in [0.05, 0.1) is 24.2 Å². The summed E-state index contributed by atoms with van der Waals surface area (Å²) in [6, 6.07) is 7.67. The summed E-state index contributed by atoms with van der Waals surface area (Å²) < 4.78 is 5.68. The maximum absolute atomic E-state index is 9.20. The molecule has 2 N–H and O–H groups in total. The molecule has 1 aliphatic carbocycles. The molecule has 1 aromatic carbocycles. The van der Waals surface area contributed by atoms with Crippen molar-refractivity contribution in [2.24, 2.45) is 16.6 Å². The summed E-state index contributed by atoms with van der Waals surface area (Å²) in [4.78, 5) is 4.07. The fourth-order valence-electron chi connectivity index (χ4n) is 1.79. The predicted octanol–water partition coefficient (Wildman–Crippen LogP) is 2.69. The summed E-state index contributed by atoms with van der Waals surface area (Å²) in [7, 11) is 0. The minimum atomic E-state index is 0.532. The summed E-state index contributed by atoms with van der Waals surface area (Å²) in [6.45, 7) is 2.58. The van der Waals surface area contributed by atoms with E-state index in [0.29, 0.717) is 23.8 Å². The maximum atomic E-state index is 9.20. The number of nitrogens with two attached hydrogens (primary N) is 1. The highest BCUT2D eigenvalue weighted by molar-refractivity contribution is 5.73. The van der Waals surface area contributed by atoms with Gasteiger partial charge in [0, 0.05) is 5.56 Å². The lowest BCUT2D eigenvalue weighted by Crippen LogP contribution is -2.01. The highest BCUT2D eigenvalue weighted by atomic mass is 16.5. The molecule has 0 atom stereocenters. The number of rotatable bonds is 5. The number of nitrogens with zero attached hydrogens (tertiary/aromatic N) is 2. The number of hydrogen-bond acceptors (Lipinski definition) is 3. The molecule has 1 saturated carbocycles. The van der Waals surface area contributed by atoms with Crippen molar-refractivity contribution >= 4 is 12.0 Å². The summed E-state index contributed by atoms with van der Waals surface area (Å²) in [5.41, 5.74) is 7.44. The van der Waals surface area contributed by atoms with Crippen LogP contribution in [0.25, 0.3) is 5.70 Å². The normalized spacial score (nSPS) is 15.5. The second-order valence-electron chi connectivity index (χ2n) is 4.53. The molecule has 4 heteroatoms. The van der Waals surface area contributed by atoms with Gasteiger partial charge in [-0.1, -0.05) is 6.08 Å². The molecule has 98 valence electrons. The van der Waals surface area contributed by atoms with Crippen LogP contribution in [0.4, 0.5) is 0 Å². The molecule has 1 fully saturated rings. The van der Waals surface area contributed by atoms with Gasteiger partial charge in [0.2, 0.25) is 0 Å². The molecular weight excluding hydrogens is 238 g/mol. The zero-order chi connectivity index (χ0) is 13.7. The number of ether oxygens (including phenoxy) is 1. The Kier molecular flexibility index (Phi) is 4.19. The van der Waals surface area contributed by atoms with E-state index in [9.17, 15) is 5.26 Å². The first-order chi connectivity index (χ1) is 9.28. The van der Waals surface area contributed by atoms with Crippen molar-refractivity contribution in [1.29, 1.82) is 5.26 Å². The Morgan fingerprint density at radius 3 is 2.95 bits per heavy atom. The lowest BCUT2D eigenvalue weighted by Gasteiger charge is -2.09. The molecule has 1 aromatic rings. The predicted molar refractivity (Wildman–Crippen MR) is 75.7 cm³/mol. The Labute approximate surface area is 113 Å². The van der Waals surface area contributed by atoms with E-state index < -0.39 is 0 Å². The van der Waals surface area contributed by atoms with E-state index in [0.717, 1.165) is 11.3 Å². The van der Waals surface area contributed by atoms with Crippen LogP contribution in [0.5, 0.6) is 5.75 Å². The summed E-state index contributed by atoms with van der Waals surface area (Å²) >= 11 is 0. The topological polar surface area (TPSA) is 71.4 Å². The van der Waals surface area contributed by atoms with Gasteiger partial charge in [0.1, 0.15) is 11.8 Å². The van der Waals surface area contributed by atoms with Gasteiger partial charge in [-0.25, -0.2) is 4.99 Å². The molecule has 19 heavy (non-hydrogen) atoms. The molecule has 0 aliphatic heterocycles. The molecule has 0 bridgehead atoms. The largest absolute Gasteiger partial charge is 0.492 e. The minimum absolute atomic E-state index is 0.532. The van der Waals surface area contributed by atoms with Gasteiger partial charge in [-0.3, -0.25) is 0 Å². The molecule has 0 radical (unpaired) electrons. The maximum Gasteiger partial charge on any atom is 0.137 e. The second-order valence-corrected chi connectivity index (χ2v) is 4.53. The zero-order valence-electron chi connectivity index (χ0n) is 11.0. The molecule has 4 nitrogen and oxygen atoms in total. The Balaban J connectivity index is 2.21. The van der Waals surface area contributed by atoms with Crippen molar-refractivity contribution in [3.63, 3.8) is 0 Å². The van der Waals surface area contributed by atoms with Gasteiger partial charge >= 0.3 is 0 Å². The van der Waals surface area contributed by atoms with Crippen molar-refractivity contribution in [2.75, 3.05) is 6.61 Å². The van der Waals surface area contributed by atoms with Crippen LogP contribution < -0.4 is 10.5 Å². The quantitative estimate of drug-likeness (QED) is 0.649. The smallest absolute Gasteiger partial charge is 0.137 e. The Morgan fingerprint density at radius 1 is 1.58 bits per heavy atom. The molecule has 2 rings (SSSR count). The number of nitriles is 1. The molecule has 0 aromatic heterocycles. The van der Waals surface area contributed by atoms with Crippen LogP contribution >= 0.6 is 0 Å². The van der Waals surface area contributed by atoms with E-state index in [-0.39, 0.29) is 0 Å². The van der Waals surface area contributed by atoms with Crippen molar-refractivity contribution in [2.45, 2.75) is 19.8 Å². The summed E-state index contributed by atoms with van der Waals surface area (Å²) in [6.07, 6.45) is 5.56. The molecule has 0 spiro atoms. The first-order valence-electron chi connectivity index (χ1n) is 6.36. The van der Waals surface area contributed by atoms with E-state index >= 15 is 0 Å². The van der Waals surface area contributed by atoms with Gasteiger partial charge in [-0.05, 0) is 43.9 Å². The van der Waals surface area contributed by atoms with Gasteiger partial charge < -0.3 is 10.5 Å². The summed E-state index contributed by atoms with van der Waals surface area (Å²) in [5.74, 6) is 1.31. The third kappa shape index (κ3) is 3.35. The van der Waals surface area contributed by atoms with Crippen molar-refractivity contribution < 1.29 is 4.74 Å². The van der Waals surface area contributed by atoms with E-state index in [1.807, 2.05) is 25.1 Å². The Morgan fingerprint density at radius 2 is 2.37 bits per heavy atom. The molecule has 0 saturated heterocycles. The Hall–Kier alpha value is -2.28. The standard InChI is InChI=1S/C15H17N3O/c1-2-14(18-10-17)12-5-6-15(13(7-12)8-16)19-9-11-3-4-11/h2,5-7,10-11H,3-4,9H2,1H3,(H2,17,18)/b14-2-. The average molecular weight is 255 g/mol. The molecule has 0 amide bonds. The van der Waals surface area contributed by atoms with Crippen LogP contribution in [0.1, 0.15) is 30.9 Å². The third-order valence-corrected chi connectivity index (χ3v) is 3.05. The van der Waals surface area contributed by atoms with Gasteiger partial charge in [0.15, 0.2) is 0 Å². The molecule has 0 heterocycles. The van der Waals surface area contributed by atoms with Gasteiger partial charge in [0.25, 0.3) is 0 Å². The van der Waals surface area contributed by atoms with Crippen molar-refractivity contribution in [1.82, 2.24) is 0 Å². The number of aliphatic imine (C=N–C) groups is 1. The highest BCUT2D eigenvalue weighted by Crippen LogP contribution is 2.31. The fraction of sp³-hybridized carbons (Fsp3) is 0.333. The first kappa shape index (κ1) is 13.2. The summed E-state index contributed by atoms with van der Waals surface area (Å²) in [5, 5.41) is 9.20. The van der Waals surface area contributed by atoms with Crippen LogP contribution in [0, 0.1) is 17.2 Å². The molecule has 1 aliphatic rings. The number of hydrogen-bond donors (Lipinski definition) is 1. The van der Waals surface area contributed by atoms with Gasteiger partial charge in [-0.15, -0.1) is 0 Å². The van der Waals surface area contributed by atoms with E-state index in [1.165, 1.54) is 19.2 Å². The van der Waals surface area contributed by atoms with Crippen LogP contribution in [-0.2, 0) is 0 Å². The number of benzene rings is 1. The zero-order valence-corrected chi connectivity index (χ0v) is 11.0. The SMILES string of the molecule is C/C=C(\N=CN)c1ccc(OCC2CC2)c(C#N)c1. The third-order valence-electron chi connectivity index (χ3n) is 3.05. The van der Waals surface area contributed by atoms with Crippen LogP contribution in [0.2, 0.25) is 0 Å². The van der Waals surface area contributed by atoms with E-state index in [4.69, 9.17) is 10.5 Å².